The molecule has 3 heterocycles. The topological polar surface area (TPSA) is 104 Å². The van der Waals surface area contributed by atoms with Crippen molar-refractivity contribution < 1.29 is 9.32 Å². The normalized spacial score (nSPS) is 15.8. The predicted octanol–water partition coefficient (Wildman–Crippen LogP) is 0.861. The van der Waals surface area contributed by atoms with Gasteiger partial charge in [0.05, 0.1) is 6.54 Å². The van der Waals surface area contributed by atoms with E-state index in [1.807, 2.05) is 17.9 Å². The predicted molar refractivity (Wildman–Crippen MR) is 88.7 cm³/mol. The van der Waals surface area contributed by atoms with Crippen LogP contribution in [0.3, 0.4) is 0 Å². The molecule has 3 aromatic rings. The summed E-state index contributed by atoms with van der Waals surface area (Å²) in [6, 6.07) is 5.38. The highest BCUT2D eigenvalue weighted by atomic mass is 16.5. The van der Waals surface area contributed by atoms with Crippen molar-refractivity contribution in [3.05, 3.63) is 35.5 Å². The number of aryl methyl sites for hydroxylation is 1. The van der Waals surface area contributed by atoms with Crippen molar-refractivity contribution in [1.29, 1.82) is 0 Å². The zero-order chi connectivity index (χ0) is 17.2. The highest BCUT2D eigenvalue weighted by Crippen LogP contribution is 2.15. The number of benzene rings is 1. The van der Waals surface area contributed by atoms with E-state index in [4.69, 9.17) is 4.52 Å². The van der Waals surface area contributed by atoms with Gasteiger partial charge in [0.25, 0.3) is 5.91 Å². The van der Waals surface area contributed by atoms with Crippen molar-refractivity contribution in [3.63, 3.8) is 0 Å². The van der Waals surface area contributed by atoms with Gasteiger partial charge in [-0.05, 0) is 18.2 Å². The summed E-state index contributed by atoms with van der Waals surface area (Å²) >= 11 is 0. The van der Waals surface area contributed by atoms with E-state index in [0.717, 1.165) is 25.0 Å². The molecule has 0 bridgehead atoms. The molecule has 4 rings (SSSR count). The number of rotatable bonds is 4. The van der Waals surface area contributed by atoms with Gasteiger partial charge >= 0.3 is 0 Å². The number of hydrogen-bond acceptors (Lipinski definition) is 7. The Balaban J connectivity index is 1.36. The van der Waals surface area contributed by atoms with Gasteiger partial charge in [-0.2, -0.15) is 20.4 Å². The van der Waals surface area contributed by atoms with Crippen molar-refractivity contribution in [3.8, 4) is 0 Å². The molecule has 130 valence electrons. The number of H-pyrrole nitrogens is 1. The SMILES string of the molecule is CCc1nc(CN2CCN(C(=O)c3ccc4n[nH]nc4c3)CC2)no1. The maximum absolute atomic E-state index is 12.7. The fourth-order valence-electron chi connectivity index (χ4n) is 2.96. The Morgan fingerprint density at radius 2 is 2.00 bits per heavy atom. The maximum Gasteiger partial charge on any atom is 0.254 e. The molecule has 9 heteroatoms. The summed E-state index contributed by atoms with van der Waals surface area (Å²) in [5.41, 5.74) is 2.10. The maximum atomic E-state index is 12.7. The number of fused-ring (bicyclic) bond motifs is 1. The molecule has 9 nitrogen and oxygen atoms in total. The third-order valence-electron chi connectivity index (χ3n) is 4.40. The molecular weight excluding hydrogens is 322 g/mol. The lowest BCUT2D eigenvalue weighted by atomic mass is 10.1. The fraction of sp³-hybridized carbons (Fsp3) is 0.438. The van der Waals surface area contributed by atoms with Crippen LogP contribution in [0, 0.1) is 0 Å². The number of aromatic nitrogens is 5. The van der Waals surface area contributed by atoms with E-state index >= 15 is 0 Å². The zero-order valence-electron chi connectivity index (χ0n) is 14.0. The molecule has 1 saturated heterocycles. The summed E-state index contributed by atoms with van der Waals surface area (Å²) in [5.74, 6) is 1.39. The van der Waals surface area contributed by atoms with Gasteiger partial charge in [0, 0.05) is 38.2 Å². The van der Waals surface area contributed by atoms with Gasteiger partial charge in [-0.25, -0.2) is 0 Å². The Labute approximate surface area is 144 Å². The third kappa shape index (κ3) is 3.22. The molecule has 0 spiro atoms. The van der Waals surface area contributed by atoms with E-state index in [9.17, 15) is 4.79 Å². The molecule has 1 amide bonds. The Morgan fingerprint density at radius 1 is 1.20 bits per heavy atom. The van der Waals surface area contributed by atoms with Crippen molar-refractivity contribution in [1.82, 2.24) is 35.4 Å². The van der Waals surface area contributed by atoms with Crippen molar-refractivity contribution in [2.75, 3.05) is 26.2 Å². The van der Waals surface area contributed by atoms with Gasteiger partial charge in [0.15, 0.2) is 5.82 Å². The summed E-state index contributed by atoms with van der Waals surface area (Å²) in [7, 11) is 0. The van der Waals surface area contributed by atoms with Gasteiger partial charge in [0.2, 0.25) is 5.89 Å². The van der Waals surface area contributed by atoms with Crippen LogP contribution >= 0.6 is 0 Å². The average molecular weight is 341 g/mol. The van der Waals surface area contributed by atoms with Crippen LogP contribution in [0.1, 0.15) is 29.0 Å². The molecule has 0 saturated carbocycles. The van der Waals surface area contributed by atoms with Crippen LogP contribution in [0.2, 0.25) is 0 Å². The van der Waals surface area contributed by atoms with Crippen LogP contribution in [0.5, 0.6) is 0 Å². The number of carbonyl (C=O) groups excluding carboxylic acids is 1. The molecule has 0 unspecified atom stereocenters. The number of aromatic amines is 1. The number of hydrogen-bond donors (Lipinski definition) is 1. The largest absolute Gasteiger partial charge is 0.339 e. The van der Waals surface area contributed by atoms with Gasteiger partial charge in [-0.15, -0.1) is 0 Å². The fourth-order valence-corrected chi connectivity index (χ4v) is 2.96. The third-order valence-corrected chi connectivity index (χ3v) is 4.40. The van der Waals surface area contributed by atoms with E-state index in [2.05, 4.69) is 30.5 Å². The second-order valence-electron chi connectivity index (χ2n) is 6.05. The Bertz CT molecular complexity index is 879. The van der Waals surface area contributed by atoms with Gasteiger partial charge in [0.1, 0.15) is 11.0 Å². The first kappa shape index (κ1) is 15.7. The van der Waals surface area contributed by atoms with E-state index in [1.165, 1.54) is 0 Å². The average Bonchev–Trinajstić information content (AvgIpc) is 3.30. The molecule has 1 N–H and O–H groups in total. The molecule has 1 fully saturated rings. The number of carbonyl (C=O) groups is 1. The second-order valence-corrected chi connectivity index (χ2v) is 6.05. The number of nitrogens with zero attached hydrogens (tertiary/aromatic N) is 6. The molecule has 1 aliphatic heterocycles. The number of amides is 1. The minimum absolute atomic E-state index is 0.0254. The van der Waals surface area contributed by atoms with Crippen LogP contribution in [0.4, 0.5) is 0 Å². The lowest BCUT2D eigenvalue weighted by molar-refractivity contribution is 0.0624. The lowest BCUT2D eigenvalue weighted by Gasteiger charge is -2.34. The van der Waals surface area contributed by atoms with Crippen molar-refractivity contribution >= 4 is 16.9 Å². The standard InChI is InChI=1S/C16H19N7O2/c1-2-15-17-14(20-25-15)10-22-5-7-23(8-6-22)16(24)11-3-4-12-13(9-11)19-21-18-12/h3-4,9H,2,5-8,10H2,1H3,(H,18,19,21). The molecule has 0 aliphatic carbocycles. The summed E-state index contributed by atoms with van der Waals surface area (Å²) in [6.45, 7) is 5.55. The minimum atomic E-state index is 0.0254. The first-order valence-electron chi connectivity index (χ1n) is 8.36. The minimum Gasteiger partial charge on any atom is -0.339 e. The molecular formula is C16H19N7O2. The molecule has 2 aromatic heterocycles. The van der Waals surface area contributed by atoms with Crippen LogP contribution in [0.15, 0.2) is 22.7 Å². The van der Waals surface area contributed by atoms with E-state index in [1.54, 1.807) is 12.1 Å². The smallest absolute Gasteiger partial charge is 0.254 e. The zero-order valence-corrected chi connectivity index (χ0v) is 14.0. The lowest BCUT2D eigenvalue weighted by Crippen LogP contribution is -2.48. The monoisotopic (exact) mass is 341 g/mol. The van der Waals surface area contributed by atoms with Crippen LogP contribution in [0.25, 0.3) is 11.0 Å². The molecule has 0 radical (unpaired) electrons. The first-order chi connectivity index (χ1) is 12.2. The summed E-state index contributed by atoms with van der Waals surface area (Å²) in [6.07, 6.45) is 0.741. The molecule has 1 aromatic carbocycles. The second kappa shape index (κ2) is 6.60. The highest BCUT2D eigenvalue weighted by Gasteiger charge is 2.23. The Hall–Kier alpha value is -2.81. The van der Waals surface area contributed by atoms with Crippen LogP contribution in [-0.2, 0) is 13.0 Å². The molecule has 0 atom stereocenters. The number of nitrogens with one attached hydrogen (secondary N) is 1. The van der Waals surface area contributed by atoms with Crippen LogP contribution in [-0.4, -0.2) is 67.4 Å². The van der Waals surface area contributed by atoms with Gasteiger partial charge in [-0.1, -0.05) is 12.1 Å². The van der Waals surface area contributed by atoms with E-state index in [-0.39, 0.29) is 5.91 Å². The van der Waals surface area contributed by atoms with Crippen molar-refractivity contribution in [2.24, 2.45) is 0 Å². The summed E-state index contributed by atoms with van der Waals surface area (Å²) in [5, 5.41) is 14.6. The molecule has 1 aliphatic rings. The Kier molecular flexibility index (Phi) is 4.14. The van der Waals surface area contributed by atoms with E-state index < -0.39 is 0 Å². The molecule has 25 heavy (non-hydrogen) atoms. The Morgan fingerprint density at radius 3 is 2.76 bits per heavy atom. The van der Waals surface area contributed by atoms with Crippen molar-refractivity contribution in [2.45, 2.75) is 19.9 Å². The quantitative estimate of drug-likeness (QED) is 0.750. The van der Waals surface area contributed by atoms with Crippen LogP contribution < -0.4 is 0 Å². The highest BCUT2D eigenvalue weighted by molar-refractivity contribution is 5.97. The van der Waals surface area contributed by atoms with Gasteiger partial charge < -0.3 is 9.42 Å². The number of piperazine rings is 1. The van der Waals surface area contributed by atoms with Gasteiger partial charge in [-0.3, -0.25) is 9.69 Å². The summed E-state index contributed by atoms with van der Waals surface area (Å²) < 4.78 is 5.14. The van der Waals surface area contributed by atoms with E-state index in [0.29, 0.717) is 42.4 Å². The summed E-state index contributed by atoms with van der Waals surface area (Å²) in [4.78, 5) is 21.1. The first-order valence-corrected chi connectivity index (χ1v) is 8.36.